The summed E-state index contributed by atoms with van der Waals surface area (Å²) in [6.07, 6.45) is -1.99. The molecular formula is C6H7FN2O3. The number of ketones is 1. The van der Waals surface area contributed by atoms with Gasteiger partial charge in [0, 0.05) is 0 Å². The van der Waals surface area contributed by atoms with Gasteiger partial charge in [-0.25, -0.2) is 9.18 Å². The van der Waals surface area contributed by atoms with Gasteiger partial charge in [-0.3, -0.25) is 14.9 Å². The van der Waals surface area contributed by atoms with Crippen LogP contribution in [0.5, 0.6) is 0 Å². The maximum absolute atomic E-state index is 12.8. The van der Waals surface area contributed by atoms with E-state index in [4.69, 9.17) is 0 Å². The monoisotopic (exact) mass is 174 g/mol. The van der Waals surface area contributed by atoms with E-state index in [0.29, 0.717) is 0 Å². The summed E-state index contributed by atoms with van der Waals surface area (Å²) in [5, 5.41) is 3.70. The van der Waals surface area contributed by atoms with Crippen molar-refractivity contribution in [3.8, 4) is 0 Å². The summed E-state index contributed by atoms with van der Waals surface area (Å²) in [4.78, 5) is 31.9. The van der Waals surface area contributed by atoms with E-state index in [-0.39, 0.29) is 0 Å². The third kappa shape index (κ3) is 1.41. The SMILES string of the molecule is CC(=O)C1NC(=O)NC(=O)C1F. The van der Waals surface area contributed by atoms with E-state index in [1.54, 1.807) is 5.32 Å². The van der Waals surface area contributed by atoms with Gasteiger partial charge < -0.3 is 5.32 Å². The van der Waals surface area contributed by atoms with Crippen LogP contribution in [0.4, 0.5) is 9.18 Å². The van der Waals surface area contributed by atoms with Crippen molar-refractivity contribution < 1.29 is 18.8 Å². The first-order valence-electron chi connectivity index (χ1n) is 3.28. The van der Waals surface area contributed by atoms with Crippen molar-refractivity contribution >= 4 is 17.7 Å². The zero-order valence-corrected chi connectivity index (χ0v) is 6.26. The molecule has 1 aliphatic heterocycles. The summed E-state index contributed by atoms with van der Waals surface area (Å²) in [6, 6.07) is -2.18. The number of halogens is 1. The lowest BCUT2D eigenvalue weighted by Gasteiger charge is -2.23. The van der Waals surface area contributed by atoms with Gasteiger partial charge in [0.25, 0.3) is 5.91 Å². The number of rotatable bonds is 1. The summed E-state index contributed by atoms with van der Waals surface area (Å²) in [6.45, 7) is 1.11. The Bertz CT molecular complexity index is 253. The minimum atomic E-state index is -1.99. The van der Waals surface area contributed by atoms with Crippen LogP contribution in [0.25, 0.3) is 0 Å². The number of carbonyl (C=O) groups is 3. The predicted molar refractivity (Wildman–Crippen MR) is 36.0 cm³/mol. The molecule has 1 heterocycles. The van der Waals surface area contributed by atoms with Crippen LogP contribution in [0, 0.1) is 0 Å². The highest BCUT2D eigenvalue weighted by Crippen LogP contribution is 2.04. The lowest BCUT2D eigenvalue weighted by atomic mass is 10.1. The molecule has 3 amide bonds. The quantitative estimate of drug-likeness (QED) is 0.542. The fraction of sp³-hybridized carbons (Fsp3) is 0.500. The predicted octanol–water partition coefficient (Wildman–Crippen LogP) is -0.879. The Morgan fingerprint density at radius 2 is 2.08 bits per heavy atom. The second kappa shape index (κ2) is 2.88. The van der Waals surface area contributed by atoms with Crippen molar-refractivity contribution in [3.05, 3.63) is 0 Å². The average Bonchev–Trinajstić information content (AvgIpc) is 1.96. The highest BCUT2D eigenvalue weighted by molar-refractivity contribution is 6.04. The summed E-state index contributed by atoms with van der Waals surface area (Å²) in [5.74, 6) is -1.65. The minimum absolute atomic E-state index is 0.578. The minimum Gasteiger partial charge on any atom is -0.324 e. The van der Waals surface area contributed by atoms with Gasteiger partial charge >= 0.3 is 6.03 Å². The smallest absolute Gasteiger partial charge is 0.322 e. The Kier molecular flexibility index (Phi) is 2.07. The third-order valence-corrected chi connectivity index (χ3v) is 1.50. The van der Waals surface area contributed by atoms with Crippen LogP contribution < -0.4 is 10.6 Å². The van der Waals surface area contributed by atoms with Gasteiger partial charge in [-0.2, -0.15) is 0 Å². The van der Waals surface area contributed by atoms with Gasteiger partial charge in [-0.15, -0.1) is 0 Å². The molecule has 1 fully saturated rings. The molecule has 5 nitrogen and oxygen atoms in total. The molecule has 0 aromatic heterocycles. The molecule has 0 aromatic rings. The largest absolute Gasteiger partial charge is 0.324 e. The number of hydrogen-bond donors (Lipinski definition) is 2. The zero-order valence-electron chi connectivity index (χ0n) is 6.26. The van der Waals surface area contributed by atoms with Crippen molar-refractivity contribution in [2.75, 3.05) is 0 Å². The Balaban J connectivity index is 2.79. The Hall–Kier alpha value is -1.46. The average molecular weight is 174 g/mol. The van der Waals surface area contributed by atoms with Crippen molar-refractivity contribution in [2.24, 2.45) is 0 Å². The fourth-order valence-corrected chi connectivity index (χ4v) is 0.890. The number of urea groups is 1. The number of imide groups is 1. The molecule has 6 heteroatoms. The van der Waals surface area contributed by atoms with E-state index in [1.807, 2.05) is 5.32 Å². The Morgan fingerprint density at radius 1 is 1.50 bits per heavy atom. The number of amides is 3. The molecular weight excluding hydrogens is 167 g/mol. The van der Waals surface area contributed by atoms with Gasteiger partial charge in [0.05, 0.1) is 0 Å². The lowest BCUT2D eigenvalue weighted by Crippen LogP contribution is -2.61. The molecule has 0 aromatic carbocycles. The summed E-state index contributed by atoms with van der Waals surface area (Å²) < 4.78 is 12.8. The molecule has 0 bridgehead atoms. The van der Waals surface area contributed by atoms with Gasteiger partial charge in [-0.1, -0.05) is 0 Å². The summed E-state index contributed by atoms with van der Waals surface area (Å²) in [7, 11) is 0. The van der Waals surface area contributed by atoms with Crippen LogP contribution in [0.15, 0.2) is 0 Å². The molecule has 2 N–H and O–H groups in total. The number of nitrogens with one attached hydrogen (secondary N) is 2. The zero-order chi connectivity index (χ0) is 9.30. The fourth-order valence-electron chi connectivity index (χ4n) is 0.890. The second-order valence-electron chi connectivity index (χ2n) is 2.45. The first-order chi connectivity index (χ1) is 5.52. The molecule has 1 aliphatic rings. The van der Waals surface area contributed by atoms with E-state index in [1.165, 1.54) is 0 Å². The van der Waals surface area contributed by atoms with Crippen LogP contribution >= 0.6 is 0 Å². The first kappa shape index (κ1) is 8.63. The number of carbonyl (C=O) groups excluding carboxylic acids is 3. The third-order valence-electron chi connectivity index (χ3n) is 1.50. The van der Waals surface area contributed by atoms with E-state index >= 15 is 0 Å². The highest BCUT2D eigenvalue weighted by atomic mass is 19.1. The van der Waals surface area contributed by atoms with Crippen LogP contribution in [-0.2, 0) is 9.59 Å². The van der Waals surface area contributed by atoms with Crippen molar-refractivity contribution in [1.82, 2.24) is 10.6 Å². The van der Waals surface area contributed by atoms with Gasteiger partial charge in [0.15, 0.2) is 5.78 Å². The van der Waals surface area contributed by atoms with Crippen LogP contribution in [-0.4, -0.2) is 29.9 Å². The molecule has 1 rings (SSSR count). The highest BCUT2D eigenvalue weighted by Gasteiger charge is 2.38. The van der Waals surface area contributed by atoms with Gasteiger partial charge in [0.1, 0.15) is 6.04 Å². The molecule has 0 radical (unpaired) electrons. The Morgan fingerprint density at radius 3 is 2.58 bits per heavy atom. The molecule has 0 spiro atoms. The number of hydrogen-bond acceptors (Lipinski definition) is 3. The molecule has 2 unspecified atom stereocenters. The molecule has 2 atom stereocenters. The molecule has 66 valence electrons. The lowest BCUT2D eigenvalue weighted by molar-refractivity contribution is -0.132. The van der Waals surface area contributed by atoms with E-state index < -0.39 is 29.9 Å². The first-order valence-corrected chi connectivity index (χ1v) is 3.28. The normalized spacial score (nSPS) is 29.2. The van der Waals surface area contributed by atoms with E-state index in [0.717, 1.165) is 6.92 Å². The molecule has 12 heavy (non-hydrogen) atoms. The maximum atomic E-state index is 12.8. The molecule has 0 aliphatic carbocycles. The topological polar surface area (TPSA) is 75.3 Å². The van der Waals surface area contributed by atoms with Crippen LogP contribution in [0.2, 0.25) is 0 Å². The standard InChI is InChI=1S/C6H7FN2O3/c1-2(10)4-3(7)5(11)9-6(12)8-4/h3-4H,1H3,(H2,8,9,11,12). The summed E-state index contributed by atoms with van der Waals surface area (Å²) >= 11 is 0. The molecule has 1 saturated heterocycles. The van der Waals surface area contributed by atoms with E-state index in [2.05, 4.69) is 0 Å². The van der Waals surface area contributed by atoms with E-state index in [9.17, 15) is 18.8 Å². The van der Waals surface area contributed by atoms with Crippen molar-refractivity contribution in [3.63, 3.8) is 0 Å². The molecule has 0 saturated carbocycles. The number of alkyl halides is 1. The van der Waals surface area contributed by atoms with Crippen LogP contribution in [0.1, 0.15) is 6.92 Å². The van der Waals surface area contributed by atoms with Crippen molar-refractivity contribution in [2.45, 2.75) is 19.1 Å². The Labute approximate surface area is 67.3 Å². The number of Topliss-reactive ketones (excluding diaryl/α,β-unsaturated/α-hetero) is 1. The van der Waals surface area contributed by atoms with Crippen LogP contribution in [0.3, 0.4) is 0 Å². The van der Waals surface area contributed by atoms with Gasteiger partial charge in [0.2, 0.25) is 6.17 Å². The van der Waals surface area contributed by atoms with Gasteiger partial charge in [-0.05, 0) is 6.92 Å². The maximum Gasteiger partial charge on any atom is 0.322 e. The second-order valence-corrected chi connectivity index (χ2v) is 2.45. The summed E-state index contributed by atoms with van der Waals surface area (Å²) in [5.41, 5.74) is 0. The van der Waals surface area contributed by atoms with Crippen molar-refractivity contribution in [1.29, 1.82) is 0 Å².